The van der Waals surface area contributed by atoms with Crippen molar-refractivity contribution in [3.05, 3.63) is 0 Å². The maximum absolute atomic E-state index is 10.7. The van der Waals surface area contributed by atoms with E-state index in [1.165, 1.54) is 25.7 Å². The SMILES string of the molecule is CC(=O)NCCN1C2CCC1CC2. The van der Waals surface area contributed by atoms with Crippen LogP contribution in [0.1, 0.15) is 32.6 Å². The lowest BCUT2D eigenvalue weighted by Crippen LogP contribution is -2.36. The highest BCUT2D eigenvalue weighted by atomic mass is 16.1. The van der Waals surface area contributed by atoms with E-state index in [9.17, 15) is 4.79 Å². The van der Waals surface area contributed by atoms with Gasteiger partial charge in [0.15, 0.2) is 0 Å². The molecule has 1 N–H and O–H groups in total. The molecule has 0 saturated carbocycles. The van der Waals surface area contributed by atoms with Crippen molar-refractivity contribution in [3.63, 3.8) is 0 Å². The van der Waals surface area contributed by atoms with Gasteiger partial charge in [0.25, 0.3) is 0 Å². The van der Waals surface area contributed by atoms with Crippen LogP contribution in [0.4, 0.5) is 0 Å². The summed E-state index contributed by atoms with van der Waals surface area (Å²) < 4.78 is 0. The maximum atomic E-state index is 10.7. The molecule has 0 aromatic carbocycles. The van der Waals surface area contributed by atoms with E-state index < -0.39 is 0 Å². The first-order valence-electron chi connectivity index (χ1n) is 5.27. The molecular weight excluding hydrogens is 164 g/mol. The standard InChI is InChI=1S/C10H18N2O/c1-8(13)11-6-7-12-9-2-3-10(12)5-4-9/h9-10H,2-7H2,1H3,(H,11,13). The number of nitrogens with one attached hydrogen (secondary N) is 1. The summed E-state index contributed by atoms with van der Waals surface area (Å²) in [7, 11) is 0. The Labute approximate surface area is 79.5 Å². The zero-order chi connectivity index (χ0) is 9.26. The van der Waals surface area contributed by atoms with E-state index in [2.05, 4.69) is 10.2 Å². The van der Waals surface area contributed by atoms with Gasteiger partial charge in [-0.2, -0.15) is 0 Å². The number of nitrogens with zero attached hydrogens (tertiary/aromatic N) is 1. The van der Waals surface area contributed by atoms with E-state index in [0.717, 1.165) is 25.2 Å². The van der Waals surface area contributed by atoms with Crippen molar-refractivity contribution < 1.29 is 4.79 Å². The maximum Gasteiger partial charge on any atom is 0.216 e. The van der Waals surface area contributed by atoms with Crippen LogP contribution in [-0.2, 0) is 4.79 Å². The van der Waals surface area contributed by atoms with Gasteiger partial charge in [0, 0.05) is 32.1 Å². The van der Waals surface area contributed by atoms with Crippen LogP contribution in [0.5, 0.6) is 0 Å². The van der Waals surface area contributed by atoms with Crippen LogP contribution < -0.4 is 5.32 Å². The molecule has 2 saturated heterocycles. The second-order valence-electron chi connectivity index (χ2n) is 4.18. The van der Waals surface area contributed by atoms with Crippen molar-refractivity contribution in [2.45, 2.75) is 44.7 Å². The third-order valence-electron chi connectivity index (χ3n) is 3.35. The molecule has 0 aliphatic carbocycles. The molecule has 0 spiro atoms. The Morgan fingerprint density at radius 3 is 2.31 bits per heavy atom. The first-order chi connectivity index (χ1) is 6.27. The molecule has 2 aliphatic heterocycles. The van der Waals surface area contributed by atoms with Gasteiger partial charge in [-0.25, -0.2) is 0 Å². The number of carbonyl (C=O) groups excluding carboxylic acids is 1. The number of carbonyl (C=O) groups is 1. The molecule has 2 heterocycles. The van der Waals surface area contributed by atoms with Crippen molar-refractivity contribution in [2.75, 3.05) is 13.1 Å². The van der Waals surface area contributed by atoms with Crippen LogP contribution >= 0.6 is 0 Å². The Hall–Kier alpha value is -0.570. The van der Waals surface area contributed by atoms with Crippen LogP contribution in [0.3, 0.4) is 0 Å². The Bertz CT molecular complexity index is 185. The lowest BCUT2D eigenvalue weighted by atomic mass is 10.0. The Morgan fingerprint density at radius 2 is 1.85 bits per heavy atom. The van der Waals surface area contributed by atoms with E-state index >= 15 is 0 Å². The molecule has 74 valence electrons. The quantitative estimate of drug-likeness (QED) is 0.698. The largest absolute Gasteiger partial charge is 0.355 e. The van der Waals surface area contributed by atoms with E-state index in [1.54, 1.807) is 6.92 Å². The van der Waals surface area contributed by atoms with Gasteiger partial charge in [-0.05, 0) is 25.7 Å². The predicted octanol–water partition coefficient (Wildman–Crippen LogP) is 0.749. The highest BCUT2D eigenvalue weighted by Gasteiger charge is 2.38. The number of rotatable bonds is 3. The number of amides is 1. The molecule has 0 unspecified atom stereocenters. The van der Waals surface area contributed by atoms with Gasteiger partial charge in [0.05, 0.1) is 0 Å². The number of fused-ring (bicyclic) bond motifs is 2. The summed E-state index contributed by atoms with van der Waals surface area (Å²) in [5, 5.41) is 2.86. The minimum atomic E-state index is 0.0894. The zero-order valence-electron chi connectivity index (χ0n) is 8.25. The highest BCUT2D eigenvalue weighted by Crippen LogP contribution is 2.36. The van der Waals surface area contributed by atoms with Crippen LogP contribution in [0.15, 0.2) is 0 Å². The van der Waals surface area contributed by atoms with Crippen molar-refractivity contribution in [2.24, 2.45) is 0 Å². The molecule has 3 heteroatoms. The molecule has 3 nitrogen and oxygen atoms in total. The van der Waals surface area contributed by atoms with E-state index in [0.29, 0.717) is 0 Å². The summed E-state index contributed by atoms with van der Waals surface area (Å²) in [6.45, 7) is 3.45. The Morgan fingerprint density at radius 1 is 1.31 bits per heavy atom. The Balaban J connectivity index is 1.73. The normalized spacial score (nSPS) is 32.4. The summed E-state index contributed by atoms with van der Waals surface area (Å²) in [6, 6.07) is 1.66. The fourth-order valence-corrected chi connectivity index (χ4v) is 2.75. The monoisotopic (exact) mass is 182 g/mol. The summed E-state index contributed by atoms with van der Waals surface area (Å²) >= 11 is 0. The average Bonchev–Trinajstić information content (AvgIpc) is 2.64. The van der Waals surface area contributed by atoms with Gasteiger partial charge in [-0.15, -0.1) is 0 Å². The second-order valence-corrected chi connectivity index (χ2v) is 4.18. The predicted molar refractivity (Wildman–Crippen MR) is 51.4 cm³/mol. The van der Waals surface area contributed by atoms with Crippen LogP contribution in [0.25, 0.3) is 0 Å². The third kappa shape index (κ3) is 1.85. The van der Waals surface area contributed by atoms with Crippen LogP contribution in [-0.4, -0.2) is 36.0 Å². The van der Waals surface area contributed by atoms with Crippen molar-refractivity contribution in [1.29, 1.82) is 0 Å². The molecule has 1 amide bonds. The molecule has 0 aromatic rings. The first-order valence-corrected chi connectivity index (χ1v) is 5.27. The van der Waals surface area contributed by atoms with Crippen molar-refractivity contribution in [3.8, 4) is 0 Å². The minimum Gasteiger partial charge on any atom is -0.355 e. The fraction of sp³-hybridized carbons (Fsp3) is 0.900. The summed E-state index contributed by atoms with van der Waals surface area (Å²) in [6.07, 6.45) is 5.52. The van der Waals surface area contributed by atoms with E-state index in [4.69, 9.17) is 0 Å². The zero-order valence-corrected chi connectivity index (χ0v) is 8.25. The van der Waals surface area contributed by atoms with Crippen LogP contribution in [0, 0.1) is 0 Å². The summed E-state index contributed by atoms with van der Waals surface area (Å²) in [4.78, 5) is 13.2. The smallest absolute Gasteiger partial charge is 0.216 e. The van der Waals surface area contributed by atoms with E-state index in [-0.39, 0.29) is 5.91 Å². The van der Waals surface area contributed by atoms with Gasteiger partial charge in [-0.3, -0.25) is 9.69 Å². The van der Waals surface area contributed by atoms with Gasteiger partial charge < -0.3 is 5.32 Å². The topological polar surface area (TPSA) is 32.3 Å². The fourth-order valence-electron chi connectivity index (χ4n) is 2.75. The summed E-state index contributed by atoms with van der Waals surface area (Å²) in [5.74, 6) is 0.0894. The van der Waals surface area contributed by atoms with Gasteiger partial charge in [0.2, 0.25) is 5.91 Å². The van der Waals surface area contributed by atoms with E-state index in [1.807, 2.05) is 0 Å². The second kappa shape index (κ2) is 3.66. The van der Waals surface area contributed by atoms with Crippen LogP contribution in [0.2, 0.25) is 0 Å². The van der Waals surface area contributed by atoms with Gasteiger partial charge in [-0.1, -0.05) is 0 Å². The summed E-state index contributed by atoms with van der Waals surface area (Å²) in [5.41, 5.74) is 0. The first kappa shape index (κ1) is 9.00. The lowest BCUT2D eigenvalue weighted by Gasteiger charge is -2.21. The van der Waals surface area contributed by atoms with Gasteiger partial charge >= 0.3 is 0 Å². The molecule has 0 radical (unpaired) electrons. The average molecular weight is 182 g/mol. The molecule has 13 heavy (non-hydrogen) atoms. The molecule has 2 bridgehead atoms. The molecule has 2 fully saturated rings. The molecule has 0 atom stereocenters. The van der Waals surface area contributed by atoms with Crippen molar-refractivity contribution in [1.82, 2.24) is 10.2 Å². The van der Waals surface area contributed by atoms with Gasteiger partial charge in [0.1, 0.15) is 0 Å². The minimum absolute atomic E-state index is 0.0894. The highest BCUT2D eigenvalue weighted by molar-refractivity contribution is 5.72. The molecule has 2 rings (SSSR count). The number of hydrogen-bond donors (Lipinski definition) is 1. The number of hydrogen-bond acceptors (Lipinski definition) is 2. The third-order valence-corrected chi connectivity index (χ3v) is 3.35. The lowest BCUT2D eigenvalue weighted by molar-refractivity contribution is -0.119. The molecule has 2 aliphatic rings. The van der Waals surface area contributed by atoms with Crippen molar-refractivity contribution >= 4 is 5.91 Å². The Kier molecular flexibility index (Phi) is 2.54. The molecular formula is C10H18N2O. The molecule has 0 aromatic heterocycles.